The van der Waals surface area contributed by atoms with Crippen molar-refractivity contribution < 1.29 is 19.4 Å². The van der Waals surface area contributed by atoms with Gasteiger partial charge in [-0.3, -0.25) is 9.59 Å². The SMILES string of the molecule is Cc1cccc(OCC(=O)Nc2ccccc2C(=O)N/N=C/c2ccccc2O)c1C. The monoisotopic (exact) mass is 417 g/mol. The van der Waals surface area contributed by atoms with Crippen LogP contribution >= 0.6 is 0 Å². The Balaban J connectivity index is 1.62. The summed E-state index contributed by atoms with van der Waals surface area (Å²) in [6.45, 7) is 3.71. The molecule has 7 nitrogen and oxygen atoms in total. The van der Waals surface area contributed by atoms with Gasteiger partial charge in [-0.2, -0.15) is 5.10 Å². The van der Waals surface area contributed by atoms with Gasteiger partial charge in [0.25, 0.3) is 11.8 Å². The number of hydrogen-bond acceptors (Lipinski definition) is 5. The Bertz CT molecular complexity index is 1130. The first-order valence-electron chi connectivity index (χ1n) is 9.65. The van der Waals surface area contributed by atoms with Crippen LogP contribution in [0.15, 0.2) is 71.8 Å². The number of hydrazone groups is 1. The van der Waals surface area contributed by atoms with Crippen LogP contribution in [0.5, 0.6) is 11.5 Å². The maximum atomic E-state index is 12.5. The quantitative estimate of drug-likeness (QED) is 0.402. The van der Waals surface area contributed by atoms with E-state index >= 15 is 0 Å². The number of nitrogens with zero attached hydrogens (tertiary/aromatic N) is 1. The molecule has 3 rings (SSSR count). The number of hydrogen-bond donors (Lipinski definition) is 3. The molecule has 0 heterocycles. The van der Waals surface area contributed by atoms with Gasteiger partial charge < -0.3 is 15.2 Å². The Kier molecular flexibility index (Phi) is 7.01. The number of carbonyl (C=O) groups excluding carboxylic acids is 2. The van der Waals surface area contributed by atoms with Crippen molar-refractivity contribution in [2.24, 2.45) is 5.10 Å². The van der Waals surface area contributed by atoms with Crippen LogP contribution in [0.25, 0.3) is 0 Å². The average Bonchev–Trinajstić information content (AvgIpc) is 2.76. The van der Waals surface area contributed by atoms with E-state index in [0.29, 0.717) is 17.0 Å². The summed E-state index contributed by atoms with van der Waals surface area (Å²) in [4.78, 5) is 24.9. The maximum Gasteiger partial charge on any atom is 0.273 e. The molecule has 0 aliphatic carbocycles. The van der Waals surface area contributed by atoms with Crippen molar-refractivity contribution in [1.29, 1.82) is 0 Å². The third-order valence-corrected chi connectivity index (χ3v) is 4.67. The number of aromatic hydroxyl groups is 1. The highest BCUT2D eigenvalue weighted by Crippen LogP contribution is 2.21. The fourth-order valence-electron chi connectivity index (χ4n) is 2.82. The average molecular weight is 417 g/mol. The van der Waals surface area contributed by atoms with Crippen molar-refractivity contribution in [3.63, 3.8) is 0 Å². The van der Waals surface area contributed by atoms with Gasteiger partial charge in [0.2, 0.25) is 0 Å². The molecular weight excluding hydrogens is 394 g/mol. The van der Waals surface area contributed by atoms with E-state index in [4.69, 9.17) is 4.74 Å². The second-order valence-electron chi connectivity index (χ2n) is 6.84. The van der Waals surface area contributed by atoms with E-state index in [1.807, 2.05) is 26.0 Å². The highest BCUT2D eigenvalue weighted by molar-refractivity contribution is 6.04. The molecule has 2 amide bonds. The zero-order chi connectivity index (χ0) is 22.2. The topological polar surface area (TPSA) is 100 Å². The summed E-state index contributed by atoms with van der Waals surface area (Å²) in [7, 11) is 0. The lowest BCUT2D eigenvalue weighted by molar-refractivity contribution is -0.118. The summed E-state index contributed by atoms with van der Waals surface area (Å²) in [6, 6.07) is 18.9. The van der Waals surface area contributed by atoms with Crippen molar-refractivity contribution >= 4 is 23.7 Å². The molecule has 7 heteroatoms. The molecule has 0 radical (unpaired) electrons. The predicted molar refractivity (Wildman–Crippen MR) is 120 cm³/mol. The molecule has 0 atom stereocenters. The van der Waals surface area contributed by atoms with Gasteiger partial charge in [0, 0.05) is 5.56 Å². The van der Waals surface area contributed by atoms with E-state index in [1.165, 1.54) is 12.3 Å². The number of aryl methyl sites for hydroxylation is 1. The second kappa shape index (κ2) is 10.1. The van der Waals surface area contributed by atoms with Gasteiger partial charge in [0.1, 0.15) is 11.5 Å². The minimum Gasteiger partial charge on any atom is -0.507 e. The fraction of sp³-hybridized carbons (Fsp3) is 0.125. The summed E-state index contributed by atoms with van der Waals surface area (Å²) in [5.41, 5.74) is 5.49. The number of para-hydroxylation sites is 2. The van der Waals surface area contributed by atoms with Crippen LogP contribution in [-0.4, -0.2) is 29.7 Å². The maximum absolute atomic E-state index is 12.5. The predicted octanol–water partition coefficient (Wildman–Crippen LogP) is 3.79. The van der Waals surface area contributed by atoms with Crippen molar-refractivity contribution in [3.8, 4) is 11.5 Å². The largest absolute Gasteiger partial charge is 0.507 e. The summed E-state index contributed by atoms with van der Waals surface area (Å²) in [5, 5.41) is 16.3. The van der Waals surface area contributed by atoms with Crippen LogP contribution in [0, 0.1) is 13.8 Å². The van der Waals surface area contributed by atoms with E-state index < -0.39 is 5.91 Å². The molecule has 31 heavy (non-hydrogen) atoms. The molecule has 3 aromatic rings. The van der Waals surface area contributed by atoms with Crippen molar-refractivity contribution in [2.75, 3.05) is 11.9 Å². The molecule has 0 saturated heterocycles. The minimum absolute atomic E-state index is 0.0528. The minimum atomic E-state index is -0.502. The summed E-state index contributed by atoms with van der Waals surface area (Å²) in [6.07, 6.45) is 1.34. The highest BCUT2D eigenvalue weighted by atomic mass is 16.5. The van der Waals surface area contributed by atoms with E-state index in [1.54, 1.807) is 48.5 Å². The number of anilines is 1. The molecule has 0 fully saturated rings. The number of benzene rings is 3. The normalized spacial score (nSPS) is 10.6. The van der Waals surface area contributed by atoms with Crippen LogP contribution in [0.4, 0.5) is 5.69 Å². The van der Waals surface area contributed by atoms with Crippen molar-refractivity contribution in [3.05, 3.63) is 89.0 Å². The molecular formula is C24H23N3O4. The van der Waals surface area contributed by atoms with Gasteiger partial charge in [-0.1, -0.05) is 36.4 Å². The van der Waals surface area contributed by atoms with E-state index in [0.717, 1.165) is 11.1 Å². The fourth-order valence-corrected chi connectivity index (χ4v) is 2.82. The molecule has 158 valence electrons. The molecule has 0 aliphatic rings. The number of phenols is 1. The molecule has 3 N–H and O–H groups in total. The van der Waals surface area contributed by atoms with Crippen LogP contribution in [0.1, 0.15) is 27.0 Å². The molecule has 3 aromatic carbocycles. The number of phenolic OH excluding ortho intramolecular Hbond substituents is 1. The Labute approximate surface area is 180 Å². The lowest BCUT2D eigenvalue weighted by atomic mass is 10.1. The smallest absolute Gasteiger partial charge is 0.273 e. The molecule has 0 bridgehead atoms. The molecule has 0 unspecified atom stereocenters. The lowest BCUT2D eigenvalue weighted by Crippen LogP contribution is -2.24. The van der Waals surface area contributed by atoms with Gasteiger partial charge in [0.05, 0.1) is 17.5 Å². The summed E-state index contributed by atoms with van der Waals surface area (Å²) >= 11 is 0. The van der Waals surface area contributed by atoms with Crippen LogP contribution in [0.3, 0.4) is 0 Å². The first kappa shape index (κ1) is 21.6. The van der Waals surface area contributed by atoms with E-state index in [2.05, 4.69) is 15.8 Å². The van der Waals surface area contributed by atoms with Crippen LogP contribution < -0.4 is 15.5 Å². The third kappa shape index (κ3) is 5.70. The van der Waals surface area contributed by atoms with Gasteiger partial charge in [0.15, 0.2) is 6.61 Å². The van der Waals surface area contributed by atoms with Gasteiger partial charge in [-0.25, -0.2) is 5.43 Å². The Morgan fingerprint density at radius 3 is 2.55 bits per heavy atom. The Hall–Kier alpha value is -4.13. The highest BCUT2D eigenvalue weighted by Gasteiger charge is 2.13. The van der Waals surface area contributed by atoms with Gasteiger partial charge >= 0.3 is 0 Å². The number of carbonyl (C=O) groups is 2. The molecule has 0 aromatic heterocycles. The van der Waals surface area contributed by atoms with Crippen molar-refractivity contribution in [2.45, 2.75) is 13.8 Å². The molecule has 0 spiro atoms. The van der Waals surface area contributed by atoms with Gasteiger partial charge in [-0.05, 0) is 55.3 Å². The third-order valence-electron chi connectivity index (χ3n) is 4.67. The number of amides is 2. The second-order valence-corrected chi connectivity index (χ2v) is 6.84. The van der Waals surface area contributed by atoms with Crippen LogP contribution in [-0.2, 0) is 4.79 Å². The van der Waals surface area contributed by atoms with E-state index in [9.17, 15) is 14.7 Å². The number of nitrogens with one attached hydrogen (secondary N) is 2. The first-order valence-corrected chi connectivity index (χ1v) is 9.65. The van der Waals surface area contributed by atoms with Crippen molar-refractivity contribution in [1.82, 2.24) is 5.43 Å². The van der Waals surface area contributed by atoms with E-state index in [-0.39, 0.29) is 23.8 Å². The zero-order valence-electron chi connectivity index (χ0n) is 17.3. The lowest BCUT2D eigenvalue weighted by Gasteiger charge is -2.12. The Morgan fingerprint density at radius 1 is 1.00 bits per heavy atom. The molecule has 0 aliphatic heterocycles. The number of rotatable bonds is 7. The molecule has 0 saturated carbocycles. The zero-order valence-corrected chi connectivity index (χ0v) is 17.3. The summed E-state index contributed by atoms with van der Waals surface area (Å²) in [5.74, 6) is -0.200. The van der Waals surface area contributed by atoms with Gasteiger partial charge in [-0.15, -0.1) is 0 Å². The van der Waals surface area contributed by atoms with Crippen LogP contribution in [0.2, 0.25) is 0 Å². The summed E-state index contributed by atoms with van der Waals surface area (Å²) < 4.78 is 5.62. The standard InChI is InChI=1S/C24H23N3O4/c1-16-8-7-13-22(17(16)2)31-15-23(29)26-20-11-5-4-10-19(20)24(30)27-25-14-18-9-3-6-12-21(18)28/h3-14,28H,15H2,1-2H3,(H,26,29)(H,27,30)/b25-14+. The first-order chi connectivity index (χ1) is 15.0. The Morgan fingerprint density at radius 2 is 1.74 bits per heavy atom. The number of ether oxygens (including phenoxy) is 1.